The first-order valence-electron chi connectivity index (χ1n) is 14.3. The molecule has 7 atom stereocenters. The molecule has 3 aromatic rings. The van der Waals surface area contributed by atoms with E-state index in [1.807, 2.05) is 13.8 Å². The van der Waals surface area contributed by atoms with E-state index in [0.717, 1.165) is 0 Å². The van der Waals surface area contributed by atoms with Crippen LogP contribution in [-0.4, -0.2) is 65.4 Å². The topological polar surface area (TPSA) is 188 Å². The van der Waals surface area contributed by atoms with Gasteiger partial charge in [0.25, 0.3) is 11.1 Å². The van der Waals surface area contributed by atoms with Crippen LogP contribution in [-0.2, 0) is 30.3 Å². The van der Waals surface area contributed by atoms with Gasteiger partial charge in [-0.1, -0.05) is 27.7 Å². The summed E-state index contributed by atoms with van der Waals surface area (Å²) in [4.78, 5) is 61.5. The first-order valence-corrected chi connectivity index (χ1v) is 16.9. The summed E-state index contributed by atoms with van der Waals surface area (Å²) in [6.07, 6.45) is 1.72. The summed E-state index contributed by atoms with van der Waals surface area (Å²) >= 11 is 5.34. The molecule has 0 amide bonds. The number of aryl methyl sites for hydroxylation is 1. The lowest BCUT2D eigenvalue weighted by Gasteiger charge is -2.24. The molecule has 4 N–H and O–H groups in total. The third-order valence-electron chi connectivity index (χ3n) is 7.67. The molecule has 15 nitrogen and oxygen atoms in total. The fraction of sp³-hybridized carbons (Fsp3) is 0.654. The fourth-order valence-electron chi connectivity index (χ4n) is 5.28. The number of anilines is 1. The van der Waals surface area contributed by atoms with E-state index in [9.17, 15) is 19.3 Å². The van der Waals surface area contributed by atoms with Gasteiger partial charge in [0.15, 0.2) is 11.2 Å². The molecule has 44 heavy (non-hydrogen) atoms. The van der Waals surface area contributed by atoms with Gasteiger partial charge in [0.2, 0.25) is 5.95 Å². The highest BCUT2D eigenvalue weighted by atomic mass is 32.5. The summed E-state index contributed by atoms with van der Waals surface area (Å²) in [6, 6.07) is 0. The molecule has 0 saturated carbocycles. The number of rotatable bonds is 11. The minimum atomic E-state index is -3.72. The van der Waals surface area contributed by atoms with Gasteiger partial charge in [-0.05, 0) is 43.4 Å². The number of ether oxygens (including phenoxy) is 2. The summed E-state index contributed by atoms with van der Waals surface area (Å²) in [5.74, 6) is 0.748. The Labute approximate surface area is 265 Å². The van der Waals surface area contributed by atoms with Crippen molar-refractivity contribution in [3.8, 4) is 0 Å². The number of nitrogens with one attached hydrogen (secondary N) is 3. The summed E-state index contributed by atoms with van der Waals surface area (Å²) in [7, 11) is 0. The van der Waals surface area contributed by atoms with E-state index in [1.54, 1.807) is 11.5 Å². The maximum Gasteiger partial charge on any atom is 0.330 e. The van der Waals surface area contributed by atoms with Gasteiger partial charge in [0.05, 0.1) is 31.2 Å². The number of fused-ring (bicyclic) bond motifs is 1. The van der Waals surface area contributed by atoms with Crippen LogP contribution in [0.1, 0.15) is 65.0 Å². The van der Waals surface area contributed by atoms with Crippen LogP contribution < -0.4 is 22.1 Å². The molecular weight excluding hydrogens is 633 g/mol. The Balaban J connectivity index is 0.00000442. The largest absolute Gasteiger partial charge is 0.355 e. The lowest BCUT2D eigenvalue weighted by Crippen LogP contribution is -2.33. The van der Waals surface area contributed by atoms with Crippen molar-refractivity contribution < 1.29 is 23.4 Å². The summed E-state index contributed by atoms with van der Waals surface area (Å²) in [5, 5.41) is 3.14. The predicted molar refractivity (Wildman–Crippen MR) is 172 cm³/mol. The minimum absolute atomic E-state index is 0. The Morgan fingerprint density at radius 3 is 2.57 bits per heavy atom. The Morgan fingerprint density at radius 1 is 1.16 bits per heavy atom. The molecule has 5 heterocycles. The van der Waals surface area contributed by atoms with Crippen molar-refractivity contribution in [2.45, 2.75) is 84.6 Å². The summed E-state index contributed by atoms with van der Waals surface area (Å²) in [6.45, 7) is 6.51. The first kappa shape index (κ1) is 34.5. The van der Waals surface area contributed by atoms with Crippen LogP contribution in [0.4, 0.5) is 5.95 Å². The second-order valence-electron chi connectivity index (χ2n) is 11.5. The Hall–Kier alpha value is -2.37. The van der Waals surface area contributed by atoms with Crippen LogP contribution >= 0.6 is 20.2 Å². The van der Waals surface area contributed by atoms with Crippen LogP contribution in [0.25, 0.3) is 11.2 Å². The van der Waals surface area contributed by atoms with Gasteiger partial charge in [-0.25, -0.2) is 9.78 Å². The van der Waals surface area contributed by atoms with Gasteiger partial charge in [-0.3, -0.25) is 28.7 Å². The van der Waals surface area contributed by atoms with E-state index >= 15 is 0 Å². The summed E-state index contributed by atoms with van der Waals surface area (Å²) < 4.78 is 26.9. The van der Waals surface area contributed by atoms with E-state index in [-0.39, 0.29) is 43.5 Å². The van der Waals surface area contributed by atoms with Crippen molar-refractivity contribution >= 4 is 49.1 Å². The van der Waals surface area contributed by atoms with E-state index in [0.29, 0.717) is 42.5 Å². The van der Waals surface area contributed by atoms with E-state index in [1.165, 1.54) is 17.1 Å². The molecule has 0 aromatic carbocycles. The monoisotopic (exact) mass is 673 g/mol. The first-order chi connectivity index (χ1) is 20.3. The van der Waals surface area contributed by atoms with Crippen LogP contribution in [0, 0.1) is 18.8 Å². The number of hydrogen-bond acceptors (Lipinski definition) is 11. The van der Waals surface area contributed by atoms with Crippen LogP contribution in [0.15, 0.2) is 26.9 Å². The van der Waals surface area contributed by atoms with E-state index in [2.05, 4.69) is 39.1 Å². The van der Waals surface area contributed by atoms with E-state index < -0.39 is 48.7 Å². The molecule has 3 aromatic heterocycles. The molecule has 18 heteroatoms. The third kappa shape index (κ3) is 7.53. The Kier molecular flexibility index (Phi) is 10.9. The number of aromatic amines is 2. The SMILES string of the molecule is CC[C@H]1O[C@@H](n2cc(C)c(=O)[nH]c2=O)C[C@@H]1OP(O)(=S)OC[C@H]1O[C@@H](n2cnc3c(=O)[nH]c(NCC(C)C)nc32)C[C@@H]1C.S. The fourth-order valence-corrected chi connectivity index (χ4v) is 6.75. The van der Waals surface area contributed by atoms with Crippen molar-refractivity contribution in [2.75, 3.05) is 18.5 Å². The van der Waals surface area contributed by atoms with Gasteiger partial charge >= 0.3 is 12.4 Å². The van der Waals surface area contributed by atoms with Gasteiger partial charge in [0, 0.05) is 24.7 Å². The van der Waals surface area contributed by atoms with Gasteiger partial charge in [-0.2, -0.15) is 18.5 Å². The molecule has 0 bridgehead atoms. The third-order valence-corrected chi connectivity index (χ3v) is 9.26. The lowest BCUT2D eigenvalue weighted by atomic mass is 10.0. The highest BCUT2D eigenvalue weighted by Crippen LogP contribution is 2.50. The van der Waals surface area contributed by atoms with Crippen LogP contribution in [0.3, 0.4) is 0 Å². The Bertz CT molecular complexity index is 1690. The summed E-state index contributed by atoms with van der Waals surface area (Å²) in [5.41, 5.74) is -0.405. The number of H-pyrrole nitrogens is 2. The zero-order valence-electron chi connectivity index (χ0n) is 25.2. The highest BCUT2D eigenvalue weighted by molar-refractivity contribution is 8.07. The standard InChI is InChI=1S/C26H38N7O8PS.H2S/c1-6-16-17(8-20(39-16)32-10-15(5)23(34)31-26(32)36)41-42(37,43)38-11-18-14(4)7-19(40-18)33-12-28-21-22(33)29-25(30-24(21)35)27-9-13(2)3;/h10,12-14,16-20H,6-9,11H2,1-5H3,(H,37,43)(H,31,34,36)(H2,27,29,30,35);1H2/t14-,16+,17-,18+,19+,20+,42?;/m0./s1. The van der Waals surface area contributed by atoms with Crippen molar-refractivity contribution in [1.29, 1.82) is 0 Å². The smallest absolute Gasteiger partial charge is 0.330 e. The number of imidazole rings is 1. The normalized spacial score (nSPS) is 26.6. The number of aromatic nitrogens is 6. The molecule has 2 saturated heterocycles. The number of hydrogen-bond donors (Lipinski definition) is 4. The lowest BCUT2D eigenvalue weighted by molar-refractivity contribution is -0.0332. The average molecular weight is 674 g/mol. The Morgan fingerprint density at radius 2 is 1.86 bits per heavy atom. The van der Waals surface area contributed by atoms with Crippen LogP contribution in [0.5, 0.6) is 0 Å². The van der Waals surface area contributed by atoms with Gasteiger partial charge < -0.3 is 28.7 Å². The van der Waals surface area contributed by atoms with Crippen LogP contribution in [0.2, 0.25) is 0 Å². The van der Waals surface area contributed by atoms with Gasteiger partial charge in [0.1, 0.15) is 12.5 Å². The zero-order valence-corrected chi connectivity index (χ0v) is 27.9. The van der Waals surface area contributed by atoms with Crippen molar-refractivity contribution in [2.24, 2.45) is 11.8 Å². The molecule has 0 spiro atoms. The molecule has 0 radical (unpaired) electrons. The molecule has 244 valence electrons. The molecule has 2 fully saturated rings. The highest BCUT2D eigenvalue weighted by Gasteiger charge is 2.41. The maximum absolute atomic E-state index is 12.6. The van der Waals surface area contributed by atoms with Crippen molar-refractivity contribution in [3.05, 3.63) is 49.3 Å². The minimum Gasteiger partial charge on any atom is -0.355 e. The molecular formula is C26H40N7O8PS2. The molecule has 2 aliphatic rings. The second kappa shape index (κ2) is 14.0. The average Bonchev–Trinajstić information content (AvgIpc) is 3.64. The number of nitrogens with zero attached hydrogens (tertiary/aromatic N) is 4. The predicted octanol–water partition coefficient (Wildman–Crippen LogP) is 2.40. The quantitative estimate of drug-likeness (QED) is 0.218. The second-order valence-corrected chi connectivity index (χ2v) is 14.3. The molecule has 1 unspecified atom stereocenters. The zero-order chi connectivity index (χ0) is 31.1. The maximum atomic E-state index is 12.6. The van der Waals surface area contributed by atoms with Crippen molar-refractivity contribution in [1.82, 2.24) is 29.1 Å². The molecule has 2 aliphatic heterocycles. The molecule has 0 aliphatic carbocycles. The van der Waals surface area contributed by atoms with Crippen molar-refractivity contribution in [3.63, 3.8) is 0 Å². The van der Waals surface area contributed by atoms with E-state index in [4.69, 9.17) is 30.3 Å². The van der Waals surface area contributed by atoms with Gasteiger partial charge in [-0.15, -0.1) is 0 Å². The molecule has 5 rings (SSSR count).